The lowest BCUT2D eigenvalue weighted by Crippen LogP contribution is -2.38. The molecule has 2 aromatic rings. The van der Waals surface area contributed by atoms with Gasteiger partial charge in [0.25, 0.3) is 5.91 Å². The molecule has 3 rings (SSSR count). The second kappa shape index (κ2) is 7.67. The second-order valence-electron chi connectivity index (χ2n) is 6.78. The van der Waals surface area contributed by atoms with Crippen LogP contribution < -0.4 is 10.6 Å². The Morgan fingerprint density at radius 1 is 1.29 bits per heavy atom. The van der Waals surface area contributed by atoms with Crippen molar-refractivity contribution in [2.75, 3.05) is 19.6 Å². The van der Waals surface area contributed by atoms with Gasteiger partial charge in [0.15, 0.2) is 0 Å². The maximum atomic E-state index is 12.6. The van der Waals surface area contributed by atoms with Gasteiger partial charge in [-0.3, -0.25) is 4.79 Å². The molecule has 0 aliphatic carbocycles. The highest BCUT2D eigenvalue weighted by atomic mass is 16.1. The van der Waals surface area contributed by atoms with Gasteiger partial charge in [-0.2, -0.15) is 0 Å². The topological polar surface area (TPSA) is 46.1 Å². The number of aryl methyl sites for hydroxylation is 1. The molecule has 0 bridgehead atoms. The van der Waals surface area contributed by atoms with E-state index in [0.29, 0.717) is 5.92 Å². The van der Waals surface area contributed by atoms with Gasteiger partial charge in [-0.1, -0.05) is 30.3 Å². The lowest BCUT2D eigenvalue weighted by atomic mass is 10.00. The van der Waals surface area contributed by atoms with Gasteiger partial charge in [0.05, 0.1) is 5.56 Å². The predicted octanol–water partition coefficient (Wildman–Crippen LogP) is 2.88. The summed E-state index contributed by atoms with van der Waals surface area (Å²) in [5, 5.41) is 6.52. The molecule has 0 spiro atoms. The molecule has 4 heteroatoms. The quantitative estimate of drug-likeness (QED) is 0.888. The third-order valence-electron chi connectivity index (χ3n) is 4.95. The predicted molar refractivity (Wildman–Crippen MR) is 97.4 cm³/mol. The summed E-state index contributed by atoms with van der Waals surface area (Å²) in [7, 11) is 0. The molecular weight excluding hydrogens is 298 g/mol. The summed E-state index contributed by atoms with van der Waals surface area (Å²) in [6.45, 7) is 7.77. The van der Waals surface area contributed by atoms with Crippen LogP contribution in [0, 0.1) is 19.8 Å². The molecule has 2 heterocycles. The first-order chi connectivity index (χ1) is 11.6. The van der Waals surface area contributed by atoms with Crippen LogP contribution in [0.5, 0.6) is 0 Å². The van der Waals surface area contributed by atoms with Crippen molar-refractivity contribution in [3.05, 3.63) is 58.9 Å². The number of benzene rings is 1. The Kier molecular flexibility index (Phi) is 5.36. The zero-order valence-electron chi connectivity index (χ0n) is 14.6. The summed E-state index contributed by atoms with van der Waals surface area (Å²) in [5.74, 6) is 0.600. The van der Waals surface area contributed by atoms with E-state index in [1.54, 1.807) is 0 Å². The summed E-state index contributed by atoms with van der Waals surface area (Å²) < 4.78 is 2.21. The standard InChI is InChI=1S/C20H27N3O/c1-15-11-19(20(24)22-13-18-9-6-10-21-12-18)16(2)23(15)14-17-7-4-3-5-8-17/h3-5,7-8,11,18,21H,6,9-10,12-14H2,1-2H3,(H,22,24). The summed E-state index contributed by atoms with van der Waals surface area (Å²) in [6.07, 6.45) is 2.40. The molecular formula is C20H27N3O. The number of piperidine rings is 1. The van der Waals surface area contributed by atoms with E-state index in [4.69, 9.17) is 0 Å². The van der Waals surface area contributed by atoms with Gasteiger partial charge in [0.2, 0.25) is 0 Å². The minimum atomic E-state index is 0.0491. The normalized spacial score (nSPS) is 17.7. The number of hydrogen-bond donors (Lipinski definition) is 2. The fraction of sp³-hybridized carbons (Fsp3) is 0.450. The molecule has 0 radical (unpaired) electrons. The van der Waals surface area contributed by atoms with E-state index < -0.39 is 0 Å². The van der Waals surface area contributed by atoms with Crippen molar-refractivity contribution in [1.29, 1.82) is 0 Å². The van der Waals surface area contributed by atoms with Crippen LogP contribution in [0.1, 0.15) is 40.2 Å². The van der Waals surface area contributed by atoms with Gasteiger partial charge in [0, 0.05) is 24.5 Å². The molecule has 1 amide bonds. The molecule has 24 heavy (non-hydrogen) atoms. The second-order valence-corrected chi connectivity index (χ2v) is 6.78. The Balaban J connectivity index is 1.67. The number of aromatic nitrogens is 1. The van der Waals surface area contributed by atoms with E-state index in [1.807, 2.05) is 19.1 Å². The van der Waals surface area contributed by atoms with E-state index >= 15 is 0 Å². The molecule has 1 saturated heterocycles. The van der Waals surface area contributed by atoms with Crippen molar-refractivity contribution in [3.8, 4) is 0 Å². The maximum absolute atomic E-state index is 12.6. The minimum Gasteiger partial charge on any atom is -0.352 e. The molecule has 2 N–H and O–H groups in total. The number of carbonyl (C=O) groups is 1. The number of amides is 1. The number of nitrogens with one attached hydrogen (secondary N) is 2. The average molecular weight is 325 g/mol. The molecule has 1 aliphatic rings. The molecule has 128 valence electrons. The summed E-state index contributed by atoms with van der Waals surface area (Å²) >= 11 is 0. The lowest BCUT2D eigenvalue weighted by Gasteiger charge is -2.22. The van der Waals surface area contributed by atoms with Crippen LogP contribution in [0.25, 0.3) is 0 Å². The van der Waals surface area contributed by atoms with Crippen LogP contribution in [0.4, 0.5) is 0 Å². The van der Waals surface area contributed by atoms with Crippen molar-refractivity contribution in [2.24, 2.45) is 5.92 Å². The highest BCUT2D eigenvalue weighted by molar-refractivity contribution is 5.95. The Morgan fingerprint density at radius 3 is 2.79 bits per heavy atom. The maximum Gasteiger partial charge on any atom is 0.253 e. The minimum absolute atomic E-state index is 0.0491. The van der Waals surface area contributed by atoms with Crippen molar-refractivity contribution in [3.63, 3.8) is 0 Å². The van der Waals surface area contributed by atoms with Crippen molar-refractivity contribution in [2.45, 2.75) is 33.2 Å². The smallest absolute Gasteiger partial charge is 0.253 e. The SMILES string of the molecule is Cc1cc(C(=O)NCC2CCCNC2)c(C)n1Cc1ccccc1. The van der Waals surface area contributed by atoms with Crippen LogP contribution in [0.3, 0.4) is 0 Å². The highest BCUT2D eigenvalue weighted by Gasteiger charge is 2.18. The number of carbonyl (C=O) groups excluding carboxylic acids is 1. The molecule has 1 unspecified atom stereocenters. The molecule has 1 fully saturated rings. The molecule has 0 saturated carbocycles. The van der Waals surface area contributed by atoms with Crippen LogP contribution in [-0.4, -0.2) is 30.1 Å². The Morgan fingerprint density at radius 2 is 2.08 bits per heavy atom. The van der Waals surface area contributed by atoms with Gasteiger partial charge < -0.3 is 15.2 Å². The third-order valence-corrected chi connectivity index (χ3v) is 4.95. The van der Waals surface area contributed by atoms with Gasteiger partial charge in [-0.15, -0.1) is 0 Å². The Bertz CT molecular complexity index is 684. The van der Waals surface area contributed by atoms with Crippen LogP contribution in [0.2, 0.25) is 0 Å². The highest BCUT2D eigenvalue weighted by Crippen LogP contribution is 2.17. The number of hydrogen-bond acceptors (Lipinski definition) is 2. The number of nitrogens with zero attached hydrogens (tertiary/aromatic N) is 1. The fourth-order valence-electron chi connectivity index (χ4n) is 3.47. The average Bonchev–Trinajstić information content (AvgIpc) is 2.90. The zero-order valence-corrected chi connectivity index (χ0v) is 14.6. The van der Waals surface area contributed by atoms with Crippen LogP contribution in [0.15, 0.2) is 36.4 Å². The van der Waals surface area contributed by atoms with E-state index in [2.05, 4.69) is 46.4 Å². The van der Waals surface area contributed by atoms with Crippen molar-refractivity contribution >= 4 is 5.91 Å². The Hall–Kier alpha value is -2.07. The molecule has 4 nitrogen and oxygen atoms in total. The lowest BCUT2D eigenvalue weighted by molar-refractivity contribution is 0.0944. The molecule has 1 aromatic heterocycles. The first kappa shape index (κ1) is 16.8. The van der Waals surface area contributed by atoms with E-state index in [-0.39, 0.29) is 5.91 Å². The largest absolute Gasteiger partial charge is 0.352 e. The molecule has 1 atom stereocenters. The summed E-state index contributed by atoms with van der Waals surface area (Å²) in [6, 6.07) is 12.4. The van der Waals surface area contributed by atoms with Crippen LogP contribution in [-0.2, 0) is 6.54 Å². The monoisotopic (exact) mass is 325 g/mol. The van der Waals surface area contributed by atoms with Crippen molar-refractivity contribution < 1.29 is 4.79 Å². The van der Waals surface area contributed by atoms with E-state index in [1.165, 1.54) is 18.4 Å². The van der Waals surface area contributed by atoms with E-state index in [9.17, 15) is 4.79 Å². The molecule has 1 aromatic carbocycles. The summed E-state index contributed by atoms with van der Waals surface area (Å²) in [5.41, 5.74) is 4.21. The Labute approximate surface area is 144 Å². The van der Waals surface area contributed by atoms with Crippen LogP contribution >= 0.6 is 0 Å². The van der Waals surface area contributed by atoms with Gasteiger partial charge in [-0.05, 0) is 57.3 Å². The van der Waals surface area contributed by atoms with E-state index in [0.717, 1.165) is 43.1 Å². The molecule has 1 aliphatic heterocycles. The first-order valence-corrected chi connectivity index (χ1v) is 8.84. The number of rotatable bonds is 5. The first-order valence-electron chi connectivity index (χ1n) is 8.84. The fourth-order valence-corrected chi connectivity index (χ4v) is 3.47. The van der Waals surface area contributed by atoms with Crippen molar-refractivity contribution in [1.82, 2.24) is 15.2 Å². The third kappa shape index (κ3) is 3.88. The van der Waals surface area contributed by atoms with Gasteiger partial charge in [0.1, 0.15) is 0 Å². The zero-order chi connectivity index (χ0) is 16.9. The summed E-state index contributed by atoms with van der Waals surface area (Å²) in [4.78, 5) is 12.6. The van der Waals surface area contributed by atoms with Gasteiger partial charge >= 0.3 is 0 Å². The van der Waals surface area contributed by atoms with Gasteiger partial charge in [-0.25, -0.2) is 0 Å².